The summed E-state index contributed by atoms with van der Waals surface area (Å²) in [7, 11) is 0. The molecule has 5 heteroatoms. The highest BCUT2D eigenvalue weighted by Gasteiger charge is 2.19. The lowest BCUT2D eigenvalue weighted by Gasteiger charge is -2.20. The largest absolute Gasteiger partial charge is 0.513 e. The first-order valence-electron chi connectivity index (χ1n) is 7.84. The van der Waals surface area contributed by atoms with Crippen LogP contribution in [0.15, 0.2) is 24.3 Å². The Kier molecular flexibility index (Phi) is 5.81. The second-order valence-electron chi connectivity index (χ2n) is 5.64. The van der Waals surface area contributed by atoms with Crippen LogP contribution in [0.4, 0.5) is 4.79 Å². The first-order valence-corrected chi connectivity index (χ1v) is 7.84. The van der Waals surface area contributed by atoms with Gasteiger partial charge in [0.15, 0.2) is 0 Å². The third-order valence-corrected chi connectivity index (χ3v) is 3.87. The molecule has 22 heavy (non-hydrogen) atoms. The van der Waals surface area contributed by atoms with E-state index in [-0.39, 0.29) is 12.5 Å². The van der Waals surface area contributed by atoms with E-state index in [0.29, 0.717) is 17.2 Å². The molecule has 1 aromatic carbocycles. The molecule has 0 saturated carbocycles. The van der Waals surface area contributed by atoms with Crippen molar-refractivity contribution >= 4 is 12.1 Å². The molecule has 1 unspecified atom stereocenters. The predicted molar refractivity (Wildman–Crippen MR) is 83.0 cm³/mol. The van der Waals surface area contributed by atoms with Gasteiger partial charge in [0.1, 0.15) is 5.75 Å². The average Bonchev–Trinajstić information content (AvgIpc) is 2.72. The van der Waals surface area contributed by atoms with E-state index < -0.39 is 6.16 Å². The number of amides is 1. The van der Waals surface area contributed by atoms with Crippen molar-refractivity contribution in [1.82, 2.24) is 4.90 Å². The number of rotatable bonds is 3. The van der Waals surface area contributed by atoms with Crippen LogP contribution in [-0.4, -0.2) is 36.7 Å². The number of nitrogens with zero attached hydrogens (tertiary/aromatic N) is 1. The van der Waals surface area contributed by atoms with E-state index in [1.165, 1.54) is 6.42 Å². The first kappa shape index (κ1) is 16.3. The molecule has 1 aliphatic heterocycles. The van der Waals surface area contributed by atoms with Crippen molar-refractivity contribution in [3.8, 4) is 5.75 Å². The molecule has 1 aliphatic rings. The van der Waals surface area contributed by atoms with E-state index in [1.54, 1.807) is 31.2 Å². The topological polar surface area (TPSA) is 55.8 Å². The predicted octanol–water partition coefficient (Wildman–Crippen LogP) is 3.48. The van der Waals surface area contributed by atoms with Crippen molar-refractivity contribution in [2.45, 2.75) is 33.1 Å². The number of hydrogen-bond donors (Lipinski definition) is 0. The Morgan fingerprint density at radius 2 is 1.91 bits per heavy atom. The smallest absolute Gasteiger partial charge is 0.434 e. The summed E-state index contributed by atoms with van der Waals surface area (Å²) in [6, 6.07) is 6.60. The lowest BCUT2D eigenvalue weighted by atomic mass is 10.0. The average molecular weight is 305 g/mol. The zero-order chi connectivity index (χ0) is 15.9. The Morgan fingerprint density at radius 3 is 2.59 bits per heavy atom. The van der Waals surface area contributed by atoms with Gasteiger partial charge in [0.05, 0.1) is 6.61 Å². The normalized spacial score (nSPS) is 18.5. The maximum atomic E-state index is 12.5. The van der Waals surface area contributed by atoms with Crippen LogP contribution < -0.4 is 4.74 Å². The molecule has 1 heterocycles. The summed E-state index contributed by atoms with van der Waals surface area (Å²) in [6.45, 7) is 5.83. The number of ether oxygens (including phenoxy) is 2. The fraction of sp³-hybridized carbons (Fsp3) is 0.529. The summed E-state index contributed by atoms with van der Waals surface area (Å²) in [5, 5.41) is 0. The molecule has 0 aromatic heterocycles. The van der Waals surface area contributed by atoms with Crippen molar-refractivity contribution in [3.63, 3.8) is 0 Å². The number of likely N-dealkylation sites (tertiary alicyclic amines) is 1. The van der Waals surface area contributed by atoms with Crippen LogP contribution in [0.5, 0.6) is 5.75 Å². The Bertz CT molecular complexity index is 512. The number of benzene rings is 1. The van der Waals surface area contributed by atoms with E-state index >= 15 is 0 Å². The lowest BCUT2D eigenvalue weighted by Crippen LogP contribution is -2.31. The second-order valence-corrected chi connectivity index (χ2v) is 5.64. The molecule has 0 aliphatic carbocycles. The summed E-state index contributed by atoms with van der Waals surface area (Å²) in [4.78, 5) is 25.6. The van der Waals surface area contributed by atoms with E-state index in [9.17, 15) is 9.59 Å². The van der Waals surface area contributed by atoms with Crippen molar-refractivity contribution in [3.05, 3.63) is 29.8 Å². The number of carbonyl (C=O) groups excluding carboxylic acids is 2. The van der Waals surface area contributed by atoms with Crippen LogP contribution in [0.25, 0.3) is 0 Å². The Balaban J connectivity index is 1.97. The van der Waals surface area contributed by atoms with Crippen LogP contribution in [0.3, 0.4) is 0 Å². The van der Waals surface area contributed by atoms with E-state index in [1.807, 2.05) is 4.90 Å². The van der Waals surface area contributed by atoms with Crippen molar-refractivity contribution in [1.29, 1.82) is 0 Å². The minimum atomic E-state index is -0.733. The van der Waals surface area contributed by atoms with Gasteiger partial charge < -0.3 is 14.4 Å². The molecular weight excluding hydrogens is 282 g/mol. The van der Waals surface area contributed by atoms with Gasteiger partial charge in [0.2, 0.25) is 0 Å². The lowest BCUT2D eigenvalue weighted by molar-refractivity contribution is 0.0760. The molecular formula is C17H23NO4. The van der Waals surface area contributed by atoms with Crippen LogP contribution in [0, 0.1) is 5.92 Å². The summed E-state index contributed by atoms with van der Waals surface area (Å²) >= 11 is 0. The summed E-state index contributed by atoms with van der Waals surface area (Å²) < 4.78 is 9.69. The highest BCUT2D eigenvalue weighted by Crippen LogP contribution is 2.19. The number of carbonyl (C=O) groups is 2. The van der Waals surface area contributed by atoms with Crippen molar-refractivity contribution in [2.24, 2.45) is 5.92 Å². The van der Waals surface area contributed by atoms with E-state index in [4.69, 9.17) is 9.47 Å². The Labute approximate surface area is 131 Å². The molecule has 0 bridgehead atoms. The fourth-order valence-corrected chi connectivity index (χ4v) is 2.56. The maximum absolute atomic E-state index is 12.5. The molecule has 0 N–H and O–H groups in total. The van der Waals surface area contributed by atoms with Crippen LogP contribution in [-0.2, 0) is 4.74 Å². The van der Waals surface area contributed by atoms with E-state index in [2.05, 4.69) is 6.92 Å². The highest BCUT2D eigenvalue weighted by molar-refractivity contribution is 5.94. The van der Waals surface area contributed by atoms with Gasteiger partial charge in [-0.1, -0.05) is 6.92 Å². The zero-order valence-corrected chi connectivity index (χ0v) is 13.2. The quantitative estimate of drug-likeness (QED) is 0.633. The highest BCUT2D eigenvalue weighted by atomic mass is 16.7. The molecule has 1 atom stereocenters. The van der Waals surface area contributed by atoms with Gasteiger partial charge in [-0.2, -0.15) is 0 Å². The van der Waals surface area contributed by atoms with Gasteiger partial charge >= 0.3 is 6.16 Å². The number of hydrogen-bond acceptors (Lipinski definition) is 4. The minimum Gasteiger partial charge on any atom is -0.434 e. The third-order valence-electron chi connectivity index (χ3n) is 3.87. The van der Waals surface area contributed by atoms with Crippen LogP contribution in [0.2, 0.25) is 0 Å². The minimum absolute atomic E-state index is 0.0387. The summed E-state index contributed by atoms with van der Waals surface area (Å²) in [5.74, 6) is 1.09. The SMILES string of the molecule is CCOC(=O)Oc1ccc(C(=O)N2CCCC(C)CC2)cc1. The molecule has 1 aromatic rings. The monoisotopic (exact) mass is 305 g/mol. The van der Waals surface area contributed by atoms with Gasteiger partial charge in [0.25, 0.3) is 5.91 Å². The first-order chi connectivity index (χ1) is 10.6. The van der Waals surface area contributed by atoms with Crippen LogP contribution >= 0.6 is 0 Å². The Morgan fingerprint density at radius 1 is 1.18 bits per heavy atom. The molecule has 5 nitrogen and oxygen atoms in total. The molecule has 0 radical (unpaired) electrons. The fourth-order valence-electron chi connectivity index (χ4n) is 2.56. The van der Waals surface area contributed by atoms with Crippen molar-refractivity contribution in [2.75, 3.05) is 19.7 Å². The molecule has 120 valence electrons. The van der Waals surface area contributed by atoms with Gasteiger partial charge in [-0.25, -0.2) is 4.79 Å². The van der Waals surface area contributed by atoms with E-state index in [0.717, 1.165) is 25.9 Å². The molecule has 1 amide bonds. The molecule has 1 fully saturated rings. The summed E-state index contributed by atoms with van der Waals surface area (Å²) in [5.41, 5.74) is 0.616. The standard InChI is InChI=1S/C17H23NO4/c1-3-21-17(20)22-15-8-6-14(7-9-15)16(19)18-11-4-5-13(2)10-12-18/h6-9,13H,3-5,10-12H2,1-2H3. The second kappa shape index (κ2) is 7.82. The Hall–Kier alpha value is -2.04. The third kappa shape index (κ3) is 4.48. The van der Waals surface area contributed by atoms with Gasteiger partial charge in [0, 0.05) is 18.7 Å². The zero-order valence-electron chi connectivity index (χ0n) is 13.2. The summed E-state index contributed by atoms with van der Waals surface area (Å²) in [6.07, 6.45) is 2.55. The van der Waals surface area contributed by atoms with Gasteiger partial charge in [-0.05, 0) is 56.4 Å². The molecule has 2 rings (SSSR count). The van der Waals surface area contributed by atoms with Crippen LogP contribution in [0.1, 0.15) is 43.5 Å². The molecule has 1 saturated heterocycles. The van der Waals surface area contributed by atoms with Gasteiger partial charge in [-0.15, -0.1) is 0 Å². The van der Waals surface area contributed by atoms with Crippen molar-refractivity contribution < 1.29 is 19.1 Å². The molecule has 0 spiro atoms. The van der Waals surface area contributed by atoms with Gasteiger partial charge in [-0.3, -0.25) is 4.79 Å². The maximum Gasteiger partial charge on any atom is 0.513 e.